The van der Waals surface area contributed by atoms with Gasteiger partial charge in [0.05, 0.1) is 24.4 Å². The van der Waals surface area contributed by atoms with Gasteiger partial charge in [-0.05, 0) is 55.0 Å². The van der Waals surface area contributed by atoms with E-state index in [1.807, 2.05) is 30.3 Å². The average molecular weight is 451 g/mol. The molecule has 0 aliphatic rings. The molecule has 0 radical (unpaired) electrons. The topological polar surface area (TPSA) is 73.6 Å². The second-order valence-electron chi connectivity index (χ2n) is 7.26. The number of benzene rings is 2. The van der Waals surface area contributed by atoms with Gasteiger partial charge in [-0.1, -0.05) is 30.7 Å². The molecule has 1 N–H and O–H groups in total. The third kappa shape index (κ3) is 4.70. The van der Waals surface area contributed by atoms with Crippen LogP contribution in [0.25, 0.3) is 22.2 Å². The van der Waals surface area contributed by atoms with Gasteiger partial charge in [-0.25, -0.2) is 4.79 Å². The zero-order valence-electron chi connectivity index (χ0n) is 17.6. The highest BCUT2D eigenvalue weighted by Crippen LogP contribution is 2.31. The summed E-state index contributed by atoms with van der Waals surface area (Å²) in [6.45, 7) is 3.37. The van der Waals surface area contributed by atoms with Crippen molar-refractivity contribution in [2.75, 3.05) is 13.2 Å². The van der Waals surface area contributed by atoms with Crippen LogP contribution < -0.4 is 9.47 Å². The van der Waals surface area contributed by atoms with E-state index in [1.165, 1.54) is 0 Å². The number of aromatic carboxylic acids is 1. The fourth-order valence-electron chi connectivity index (χ4n) is 3.57. The lowest BCUT2D eigenvalue weighted by atomic mass is 10.1. The fourth-order valence-corrected chi connectivity index (χ4v) is 3.70. The van der Waals surface area contributed by atoms with E-state index in [4.69, 9.17) is 21.1 Å². The van der Waals surface area contributed by atoms with Gasteiger partial charge in [0.1, 0.15) is 23.8 Å². The molecule has 0 unspecified atom stereocenters. The molecule has 2 aromatic heterocycles. The van der Waals surface area contributed by atoms with Crippen molar-refractivity contribution in [3.05, 3.63) is 77.6 Å². The molecule has 0 bridgehead atoms. The normalized spacial score (nSPS) is 10.9. The number of ether oxygens (including phenoxy) is 2. The Kier molecular flexibility index (Phi) is 6.61. The lowest BCUT2D eigenvalue weighted by Crippen LogP contribution is -2.13. The van der Waals surface area contributed by atoms with Gasteiger partial charge in [-0.15, -0.1) is 0 Å². The second kappa shape index (κ2) is 9.75. The van der Waals surface area contributed by atoms with Gasteiger partial charge in [-0.2, -0.15) is 0 Å². The highest BCUT2D eigenvalue weighted by molar-refractivity contribution is 6.30. The van der Waals surface area contributed by atoms with E-state index in [9.17, 15) is 9.90 Å². The zero-order valence-corrected chi connectivity index (χ0v) is 18.4. The molecule has 0 spiro atoms. The van der Waals surface area contributed by atoms with Crippen molar-refractivity contribution in [1.82, 2.24) is 9.55 Å². The van der Waals surface area contributed by atoms with Crippen LogP contribution >= 0.6 is 11.6 Å². The molecule has 0 amide bonds. The standard InChI is InChI=1S/C25H23ClN2O4/c1-2-13-31-20-5-3-4-17(15-20)24-21-16-23(25(29)30)28(22(21)10-11-27-24)12-14-32-19-8-6-18(26)7-9-19/h3-11,15-16H,2,12-14H2,1H3,(H,29,30). The molecule has 0 saturated heterocycles. The van der Waals surface area contributed by atoms with E-state index in [2.05, 4.69) is 11.9 Å². The van der Waals surface area contributed by atoms with Gasteiger partial charge in [0.25, 0.3) is 0 Å². The summed E-state index contributed by atoms with van der Waals surface area (Å²) in [6, 6.07) is 18.3. The smallest absolute Gasteiger partial charge is 0.352 e. The van der Waals surface area contributed by atoms with Gasteiger partial charge < -0.3 is 19.1 Å². The molecule has 32 heavy (non-hydrogen) atoms. The Bertz CT molecular complexity index is 1230. The number of nitrogens with zero attached hydrogens (tertiary/aromatic N) is 2. The second-order valence-corrected chi connectivity index (χ2v) is 7.69. The number of pyridine rings is 1. The third-order valence-electron chi connectivity index (χ3n) is 5.03. The van der Waals surface area contributed by atoms with E-state index in [0.717, 1.165) is 28.6 Å². The summed E-state index contributed by atoms with van der Waals surface area (Å²) in [6.07, 6.45) is 2.61. The largest absolute Gasteiger partial charge is 0.494 e. The summed E-state index contributed by atoms with van der Waals surface area (Å²) >= 11 is 5.91. The zero-order chi connectivity index (χ0) is 22.5. The van der Waals surface area contributed by atoms with Gasteiger partial charge in [-0.3, -0.25) is 4.98 Å². The number of halogens is 1. The van der Waals surface area contributed by atoms with Crippen molar-refractivity contribution in [2.45, 2.75) is 19.9 Å². The first kappa shape index (κ1) is 21.7. The molecule has 0 atom stereocenters. The first-order valence-electron chi connectivity index (χ1n) is 10.4. The van der Waals surface area contributed by atoms with E-state index in [0.29, 0.717) is 36.2 Å². The van der Waals surface area contributed by atoms with Gasteiger partial charge in [0.2, 0.25) is 0 Å². The molecule has 4 rings (SSSR count). The lowest BCUT2D eigenvalue weighted by Gasteiger charge is -2.11. The molecular formula is C25H23ClN2O4. The van der Waals surface area contributed by atoms with E-state index in [-0.39, 0.29) is 5.69 Å². The van der Waals surface area contributed by atoms with Crippen LogP contribution in [-0.4, -0.2) is 33.8 Å². The minimum Gasteiger partial charge on any atom is -0.494 e. The van der Waals surface area contributed by atoms with Crippen LogP contribution in [0.4, 0.5) is 0 Å². The number of hydrogen-bond donors (Lipinski definition) is 1. The number of carboxylic acids is 1. The maximum Gasteiger partial charge on any atom is 0.352 e. The Balaban J connectivity index is 1.66. The summed E-state index contributed by atoms with van der Waals surface area (Å²) in [7, 11) is 0. The minimum absolute atomic E-state index is 0.187. The van der Waals surface area contributed by atoms with Crippen molar-refractivity contribution >= 4 is 28.5 Å². The first-order valence-corrected chi connectivity index (χ1v) is 10.8. The number of carboxylic acid groups (broad SMARTS) is 1. The van der Waals surface area contributed by atoms with Crippen molar-refractivity contribution in [2.24, 2.45) is 0 Å². The molecule has 0 aliphatic carbocycles. The van der Waals surface area contributed by atoms with Gasteiger partial charge in [0.15, 0.2) is 0 Å². The minimum atomic E-state index is -1.00. The number of rotatable bonds is 9. The number of fused-ring (bicyclic) bond motifs is 1. The predicted molar refractivity (Wildman–Crippen MR) is 125 cm³/mol. The molecule has 7 heteroatoms. The van der Waals surface area contributed by atoms with Crippen molar-refractivity contribution in [3.63, 3.8) is 0 Å². The predicted octanol–water partition coefficient (Wildman–Crippen LogP) is 5.92. The van der Waals surface area contributed by atoms with Crippen LogP contribution in [0.2, 0.25) is 5.02 Å². The molecule has 4 aromatic rings. The highest BCUT2D eigenvalue weighted by atomic mass is 35.5. The molecule has 2 heterocycles. The van der Waals surface area contributed by atoms with Crippen LogP contribution in [0.1, 0.15) is 23.8 Å². The van der Waals surface area contributed by atoms with Crippen molar-refractivity contribution in [3.8, 4) is 22.8 Å². The van der Waals surface area contributed by atoms with Crippen LogP contribution in [0.3, 0.4) is 0 Å². The molecule has 0 fully saturated rings. The molecule has 164 valence electrons. The van der Waals surface area contributed by atoms with Gasteiger partial charge in [0, 0.05) is 22.2 Å². The molecule has 0 saturated carbocycles. The van der Waals surface area contributed by atoms with Crippen LogP contribution in [0.15, 0.2) is 66.9 Å². The Morgan fingerprint density at radius 1 is 1.03 bits per heavy atom. The Morgan fingerprint density at radius 2 is 1.81 bits per heavy atom. The summed E-state index contributed by atoms with van der Waals surface area (Å²) in [5.74, 6) is 0.435. The van der Waals surface area contributed by atoms with Crippen molar-refractivity contribution < 1.29 is 19.4 Å². The highest BCUT2D eigenvalue weighted by Gasteiger charge is 2.18. The first-order chi connectivity index (χ1) is 15.6. The molecule has 2 aromatic carbocycles. The summed E-state index contributed by atoms with van der Waals surface area (Å²) in [5, 5.41) is 11.2. The average Bonchev–Trinajstić information content (AvgIpc) is 3.18. The maximum absolute atomic E-state index is 12.0. The van der Waals surface area contributed by atoms with Gasteiger partial charge >= 0.3 is 5.97 Å². The third-order valence-corrected chi connectivity index (χ3v) is 5.28. The molecule has 6 nitrogen and oxygen atoms in total. The number of aromatic nitrogens is 2. The quantitative estimate of drug-likeness (QED) is 0.342. The van der Waals surface area contributed by atoms with Crippen LogP contribution in [0.5, 0.6) is 11.5 Å². The Hall–Kier alpha value is -3.51. The summed E-state index contributed by atoms with van der Waals surface area (Å²) in [4.78, 5) is 16.5. The molecule has 0 aliphatic heterocycles. The maximum atomic E-state index is 12.0. The Morgan fingerprint density at radius 3 is 2.56 bits per heavy atom. The monoisotopic (exact) mass is 450 g/mol. The summed E-state index contributed by atoms with van der Waals surface area (Å²) < 4.78 is 13.3. The van der Waals surface area contributed by atoms with E-state index in [1.54, 1.807) is 41.1 Å². The van der Waals surface area contributed by atoms with Crippen molar-refractivity contribution in [1.29, 1.82) is 0 Å². The van der Waals surface area contributed by atoms with Crippen LogP contribution in [-0.2, 0) is 6.54 Å². The number of hydrogen-bond acceptors (Lipinski definition) is 4. The fraction of sp³-hybridized carbons (Fsp3) is 0.200. The lowest BCUT2D eigenvalue weighted by molar-refractivity contribution is 0.0684. The molecular weight excluding hydrogens is 428 g/mol. The summed E-state index contributed by atoms with van der Waals surface area (Å²) in [5.41, 5.74) is 2.55. The van der Waals surface area contributed by atoms with Crippen LogP contribution in [0, 0.1) is 0 Å². The van der Waals surface area contributed by atoms with E-state index >= 15 is 0 Å². The SMILES string of the molecule is CCCOc1cccc(-c2nccc3c2cc(C(=O)O)n3CCOc2ccc(Cl)cc2)c1. The van der Waals surface area contributed by atoms with E-state index < -0.39 is 5.97 Å². The Labute approximate surface area is 191 Å². The number of carbonyl (C=O) groups is 1.